The van der Waals surface area contributed by atoms with E-state index in [-0.39, 0.29) is 5.91 Å². The number of rotatable bonds is 3. The molecule has 0 aromatic rings. The molecular weight excluding hydrogens is 242 g/mol. The largest absolute Gasteiger partial charge is 0.478 e. The third kappa shape index (κ3) is 2.99. The fourth-order valence-electron chi connectivity index (χ4n) is 3.24. The molecule has 1 heterocycles. The van der Waals surface area contributed by atoms with Gasteiger partial charge in [0.05, 0.1) is 0 Å². The molecule has 0 bridgehead atoms. The SMILES string of the molecule is CCC1CCCCN1C(=O)C1=C(C(=O)O)CCCC1. The van der Waals surface area contributed by atoms with E-state index in [1.165, 1.54) is 6.42 Å². The summed E-state index contributed by atoms with van der Waals surface area (Å²) in [6.45, 7) is 2.89. The number of nitrogens with zero attached hydrogens (tertiary/aromatic N) is 1. The van der Waals surface area contributed by atoms with Crippen molar-refractivity contribution in [2.45, 2.75) is 64.3 Å². The lowest BCUT2D eigenvalue weighted by Gasteiger charge is -2.36. The van der Waals surface area contributed by atoms with Gasteiger partial charge < -0.3 is 10.0 Å². The van der Waals surface area contributed by atoms with Crippen molar-refractivity contribution in [1.29, 1.82) is 0 Å². The first kappa shape index (κ1) is 14.1. The molecule has 4 nitrogen and oxygen atoms in total. The van der Waals surface area contributed by atoms with Crippen LogP contribution < -0.4 is 0 Å². The Hall–Kier alpha value is -1.32. The molecule has 1 amide bonds. The summed E-state index contributed by atoms with van der Waals surface area (Å²) in [5, 5.41) is 9.25. The zero-order chi connectivity index (χ0) is 13.8. The van der Waals surface area contributed by atoms with E-state index in [0.29, 0.717) is 30.0 Å². The number of amides is 1. The molecule has 0 aromatic heterocycles. The molecule has 1 aliphatic heterocycles. The second-order valence-corrected chi connectivity index (χ2v) is 5.53. The van der Waals surface area contributed by atoms with E-state index >= 15 is 0 Å². The predicted octanol–water partition coefficient (Wildman–Crippen LogP) is 2.73. The van der Waals surface area contributed by atoms with Crippen molar-refractivity contribution in [3.05, 3.63) is 11.1 Å². The van der Waals surface area contributed by atoms with Gasteiger partial charge in [0.25, 0.3) is 5.91 Å². The van der Waals surface area contributed by atoms with Gasteiger partial charge in [-0.25, -0.2) is 4.79 Å². The van der Waals surface area contributed by atoms with E-state index in [2.05, 4.69) is 6.92 Å². The van der Waals surface area contributed by atoms with Crippen LogP contribution in [0.4, 0.5) is 0 Å². The van der Waals surface area contributed by atoms with Crippen molar-refractivity contribution in [1.82, 2.24) is 4.90 Å². The van der Waals surface area contributed by atoms with Crippen LogP contribution in [0.3, 0.4) is 0 Å². The number of hydrogen-bond acceptors (Lipinski definition) is 2. The summed E-state index contributed by atoms with van der Waals surface area (Å²) >= 11 is 0. The van der Waals surface area contributed by atoms with Gasteiger partial charge in [-0.05, 0) is 51.4 Å². The van der Waals surface area contributed by atoms with E-state index in [1.54, 1.807) is 0 Å². The maximum Gasteiger partial charge on any atom is 0.332 e. The summed E-state index contributed by atoms with van der Waals surface area (Å²) in [5.41, 5.74) is 0.927. The van der Waals surface area contributed by atoms with Crippen LogP contribution in [0.1, 0.15) is 58.3 Å². The Morgan fingerprint density at radius 1 is 1.16 bits per heavy atom. The van der Waals surface area contributed by atoms with Crippen molar-refractivity contribution < 1.29 is 14.7 Å². The molecule has 4 heteroatoms. The summed E-state index contributed by atoms with van der Waals surface area (Å²) in [5.74, 6) is -0.920. The van der Waals surface area contributed by atoms with E-state index < -0.39 is 5.97 Å². The lowest BCUT2D eigenvalue weighted by molar-refractivity contribution is -0.135. The number of piperidine rings is 1. The van der Waals surface area contributed by atoms with Crippen LogP contribution in [-0.4, -0.2) is 34.5 Å². The second kappa shape index (κ2) is 6.22. The van der Waals surface area contributed by atoms with Crippen LogP contribution in [0.5, 0.6) is 0 Å². The van der Waals surface area contributed by atoms with Crippen LogP contribution in [0.15, 0.2) is 11.1 Å². The predicted molar refractivity (Wildman–Crippen MR) is 72.8 cm³/mol. The zero-order valence-corrected chi connectivity index (χ0v) is 11.7. The fraction of sp³-hybridized carbons (Fsp3) is 0.733. The van der Waals surface area contributed by atoms with Crippen molar-refractivity contribution in [2.75, 3.05) is 6.54 Å². The first-order valence-corrected chi connectivity index (χ1v) is 7.41. The summed E-state index contributed by atoms with van der Waals surface area (Å²) < 4.78 is 0. The van der Waals surface area contributed by atoms with Crippen molar-refractivity contribution in [3.8, 4) is 0 Å². The number of hydrogen-bond donors (Lipinski definition) is 1. The summed E-state index contributed by atoms with van der Waals surface area (Å²) in [6.07, 6.45) is 7.22. The molecule has 2 aliphatic rings. The average molecular weight is 265 g/mol. The third-order valence-corrected chi connectivity index (χ3v) is 4.34. The second-order valence-electron chi connectivity index (χ2n) is 5.53. The van der Waals surface area contributed by atoms with Crippen LogP contribution in [0.2, 0.25) is 0 Å². The Bertz CT molecular complexity index is 400. The van der Waals surface area contributed by atoms with Gasteiger partial charge in [0.1, 0.15) is 0 Å². The zero-order valence-electron chi connectivity index (χ0n) is 11.7. The first-order chi connectivity index (χ1) is 9.15. The highest BCUT2D eigenvalue weighted by Gasteiger charge is 2.31. The maximum atomic E-state index is 12.6. The maximum absolute atomic E-state index is 12.6. The highest BCUT2D eigenvalue weighted by atomic mass is 16.4. The average Bonchev–Trinajstić information content (AvgIpc) is 2.46. The minimum absolute atomic E-state index is 0.0105. The normalized spacial score (nSPS) is 24.5. The highest BCUT2D eigenvalue weighted by Crippen LogP contribution is 2.29. The molecule has 1 saturated heterocycles. The number of carboxylic acids is 1. The quantitative estimate of drug-likeness (QED) is 0.853. The van der Waals surface area contributed by atoms with Gasteiger partial charge in [0.15, 0.2) is 0 Å². The van der Waals surface area contributed by atoms with Crippen molar-refractivity contribution in [2.24, 2.45) is 0 Å². The molecule has 1 atom stereocenters. The molecule has 1 N–H and O–H groups in total. The van der Waals surface area contributed by atoms with Gasteiger partial charge >= 0.3 is 5.97 Å². The molecular formula is C15H23NO3. The highest BCUT2D eigenvalue weighted by molar-refractivity contribution is 6.02. The molecule has 1 aliphatic carbocycles. The van der Waals surface area contributed by atoms with Gasteiger partial charge in [-0.15, -0.1) is 0 Å². The number of carbonyl (C=O) groups is 2. The Kier molecular flexibility index (Phi) is 4.61. The van der Waals surface area contributed by atoms with Gasteiger partial charge in [-0.2, -0.15) is 0 Å². The summed E-state index contributed by atoms with van der Waals surface area (Å²) in [6, 6.07) is 0.297. The minimum Gasteiger partial charge on any atom is -0.478 e. The van der Waals surface area contributed by atoms with E-state index in [9.17, 15) is 14.7 Å². The lowest BCUT2D eigenvalue weighted by atomic mass is 9.89. The molecule has 0 aromatic carbocycles. The Morgan fingerprint density at radius 3 is 2.47 bits per heavy atom. The van der Waals surface area contributed by atoms with Crippen LogP contribution >= 0.6 is 0 Å². The standard InChI is InChI=1S/C15H23NO3/c1-2-11-7-5-6-10-16(11)14(17)12-8-3-4-9-13(12)15(18)19/h11H,2-10H2,1H3,(H,18,19). The molecule has 0 spiro atoms. The summed E-state index contributed by atoms with van der Waals surface area (Å²) in [4.78, 5) is 25.8. The Balaban J connectivity index is 2.23. The van der Waals surface area contributed by atoms with E-state index in [1.807, 2.05) is 4.90 Å². The minimum atomic E-state index is -0.909. The molecule has 2 rings (SSSR count). The lowest BCUT2D eigenvalue weighted by Crippen LogP contribution is -2.44. The fourth-order valence-corrected chi connectivity index (χ4v) is 3.24. The van der Waals surface area contributed by atoms with Crippen LogP contribution in [0, 0.1) is 0 Å². The van der Waals surface area contributed by atoms with Gasteiger partial charge in [-0.3, -0.25) is 4.79 Å². The Morgan fingerprint density at radius 2 is 1.84 bits per heavy atom. The van der Waals surface area contributed by atoms with Gasteiger partial charge in [0, 0.05) is 23.7 Å². The molecule has 1 unspecified atom stereocenters. The smallest absolute Gasteiger partial charge is 0.332 e. The summed E-state index contributed by atoms with van der Waals surface area (Å²) in [7, 11) is 0. The first-order valence-electron chi connectivity index (χ1n) is 7.41. The third-order valence-electron chi connectivity index (χ3n) is 4.34. The van der Waals surface area contributed by atoms with Gasteiger partial charge in [-0.1, -0.05) is 6.92 Å². The topological polar surface area (TPSA) is 57.6 Å². The van der Waals surface area contributed by atoms with E-state index in [4.69, 9.17) is 0 Å². The van der Waals surface area contributed by atoms with E-state index in [0.717, 1.165) is 38.6 Å². The molecule has 106 valence electrons. The number of carbonyl (C=O) groups excluding carboxylic acids is 1. The molecule has 0 radical (unpaired) electrons. The Labute approximate surface area is 114 Å². The van der Waals surface area contributed by atoms with Crippen molar-refractivity contribution in [3.63, 3.8) is 0 Å². The molecule has 19 heavy (non-hydrogen) atoms. The molecule has 1 fully saturated rings. The van der Waals surface area contributed by atoms with Crippen LogP contribution in [0.25, 0.3) is 0 Å². The van der Waals surface area contributed by atoms with Crippen molar-refractivity contribution >= 4 is 11.9 Å². The van der Waals surface area contributed by atoms with Crippen LogP contribution in [-0.2, 0) is 9.59 Å². The number of carboxylic acid groups (broad SMARTS) is 1. The van der Waals surface area contributed by atoms with Gasteiger partial charge in [0.2, 0.25) is 0 Å². The molecule has 0 saturated carbocycles. The monoisotopic (exact) mass is 265 g/mol. The number of aliphatic carboxylic acids is 1. The number of likely N-dealkylation sites (tertiary alicyclic amines) is 1.